The van der Waals surface area contributed by atoms with Crippen molar-refractivity contribution in [3.8, 4) is 0 Å². The number of aromatic nitrogens is 2. The topological polar surface area (TPSA) is 51.8 Å². The van der Waals surface area contributed by atoms with Crippen LogP contribution >= 0.6 is 35.0 Å². The molecule has 0 saturated heterocycles. The van der Waals surface area contributed by atoms with E-state index in [1.54, 1.807) is 12.4 Å². The Bertz CT molecular complexity index is 792. The maximum Gasteiger partial charge on any atom is 0.117 e. The first-order chi connectivity index (χ1) is 9.63. The Morgan fingerprint density at radius 2 is 1.80 bits per heavy atom. The Balaban J connectivity index is 2.05. The Kier molecular flexibility index (Phi) is 3.70. The van der Waals surface area contributed by atoms with Crippen molar-refractivity contribution in [2.45, 2.75) is 9.92 Å². The number of anilines is 1. The average molecular weight is 322 g/mol. The Morgan fingerprint density at radius 1 is 0.950 bits per heavy atom. The van der Waals surface area contributed by atoms with Gasteiger partial charge in [-0.2, -0.15) is 0 Å². The molecule has 2 aromatic carbocycles. The van der Waals surface area contributed by atoms with Gasteiger partial charge < -0.3 is 5.73 Å². The normalized spacial score (nSPS) is 10.9. The quantitative estimate of drug-likeness (QED) is 0.550. The van der Waals surface area contributed by atoms with E-state index in [-0.39, 0.29) is 0 Å². The van der Waals surface area contributed by atoms with Crippen LogP contribution in [0.3, 0.4) is 0 Å². The fourth-order valence-electron chi connectivity index (χ4n) is 1.78. The number of hydrogen-bond acceptors (Lipinski definition) is 4. The predicted octanol–water partition coefficient (Wildman–Crippen LogP) is 4.67. The zero-order valence-electron chi connectivity index (χ0n) is 10.2. The molecular weight excluding hydrogens is 313 g/mol. The molecule has 3 nitrogen and oxygen atoms in total. The van der Waals surface area contributed by atoms with Gasteiger partial charge in [-0.15, -0.1) is 0 Å². The van der Waals surface area contributed by atoms with Gasteiger partial charge in [-0.25, -0.2) is 9.97 Å². The number of benzene rings is 2. The van der Waals surface area contributed by atoms with Gasteiger partial charge >= 0.3 is 0 Å². The second-order valence-electron chi connectivity index (χ2n) is 4.13. The first-order valence-corrected chi connectivity index (χ1v) is 7.34. The van der Waals surface area contributed by atoms with Crippen LogP contribution in [0.4, 0.5) is 5.69 Å². The Morgan fingerprint density at radius 3 is 2.60 bits per heavy atom. The molecule has 3 rings (SSSR count). The minimum absolute atomic E-state index is 0.523. The first kappa shape index (κ1) is 13.5. The van der Waals surface area contributed by atoms with Gasteiger partial charge in [0.25, 0.3) is 0 Å². The summed E-state index contributed by atoms with van der Waals surface area (Å²) in [6, 6.07) is 11.1. The largest absolute Gasteiger partial charge is 0.399 e. The lowest BCUT2D eigenvalue weighted by Gasteiger charge is -2.06. The number of fused-ring (bicyclic) bond motifs is 1. The van der Waals surface area contributed by atoms with Crippen molar-refractivity contribution in [1.82, 2.24) is 9.97 Å². The van der Waals surface area contributed by atoms with Gasteiger partial charge in [0.15, 0.2) is 0 Å². The average Bonchev–Trinajstić information content (AvgIpc) is 2.44. The van der Waals surface area contributed by atoms with Gasteiger partial charge in [0.1, 0.15) is 11.4 Å². The summed E-state index contributed by atoms with van der Waals surface area (Å²) >= 11 is 13.4. The van der Waals surface area contributed by atoms with Gasteiger partial charge in [-0.1, -0.05) is 35.0 Å². The van der Waals surface area contributed by atoms with Crippen LogP contribution in [0.25, 0.3) is 10.9 Å². The fourth-order valence-corrected chi connectivity index (χ4v) is 3.06. The monoisotopic (exact) mass is 321 g/mol. The third-order valence-corrected chi connectivity index (χ3v) is 4.48. The first-order valence-electron chi connectivity index (χ1n) is 5.76. The molecule has 1 heterocycles. The highest BCUT2D eigenvalue weighted by Gasteiger charge is 2.07. The van der Waals surface area contributed by atoms with Crippen molar-refractivity contribution in [2.24, 2.45) is 0 Å². The van der Waals surface area contributed by atoms with Crippen molar-refractivity contribution in [2.75, 3.05) is 5.73 Å². The van der Waals surface area contributed by atoms with E-state index < -0.39 is 0 Å². The molecule has 0 amide bonds. The molecule has 1 aromatic heterocycles. The van der Waals surface area contributed by atoms with Gasteiger partial charge in [0, 0.05) is 16.0 Å². The van der Waals surface area contributed by atoms with Gasteiger partial charge in [-0.05, 0) is 36.4 Å². The summed E-state index contributed by atoms with van der Waals surface area (Å²) in [5.41, 5.74) is 7.37. The number of nitrogen functional groups attached to an aromatic ring is 1. The van der Waals surface area contributed by atoms with Crippen molar-refractivity contribution < 1.29 is 0 Å². The standard InChI is InChI=1S/C14H9Cl2N3S/c15-11-3-2-9(6-12(11)16)20-14-10-5-8(17)1-4-13(10)18-7-19-14/h1-7H,17H2. The maximum atomic E-state index is 6.03. The summed E-state index contributed by atoms with van der Waals surface area (Å²) < 4.78 is 0. The lowest BCUT2D eigenvalue weighted by atomic mass is 10.2. The molecule has 0 aliphatic heterocycles. The molecule has 0 aliphatic rings. The minimum Gasteiger partial charge on any atom is -0.399 e. The summed E-state index contributed by atoms with van der Waals surface area (Å²) in [5.74, 6) is 0. The molecule has 0 saturated carbocycles. The van der Waals surface area contributed by atoms with Crippen LogP contribution in [0.15, 0.2) is 52.6 Å². The molecule has 0 aliphatic carbocycles. The van der Waals surface area contributed by atoms with Gasteiger partial charge in [0.2, 0.25) is 0 Å². The summed E-state index contributed by atoms with van der Waals surface area (Å²) in [6.07, 6.45) is 1.54. The third kappa shape index (κ3) is 2.68. The van der Waals surface area contributed by atoms with E-state index in [2.05, 4.69) is 9.97 Å². The molecule has 0 fully saturated rings. The van der Waals surface area contributed by atoms with Crippen LogP contribution in [0.2, 0.25) is 10.0 Å². The highest BCUT2D eigenvalue weighted by molar-refractivity contribution is 7.99. The highest BCUT2D eigenvalue weighted by Crippen LogP contribution is 2.34. The van der Waals surface area contributed by atoms with E-state index in [9.17, 15) is 0 Å². The van der Waals surface area contributed by atoms with Gasteiger partial charge in [-0.3, -0.25) is 0 Å². The second kappa shape index (κ2) is 5.48. The van der Waals surface area contributed by atoms with E-state index in [0.717, 1.165) is 20.8 Å². The summed E-state index contributed by atoms with van der Waals surface area (Å²) in [4.78, 5) is 9.50. The molecule has 0 unspecified atom stereocenters. The molecule has 0 spiro atoms. The molecule has 0 bridgehead atoms. The van der Waals surface area contributed by atoms with E-state index in [0.29, 0.717) is 15.7 Å². The van der Waals surface area contributed by atoms with E-state index >= 15 is 0 Å². The van der Waals surface area contributed by atoms with Crippen LogP contribution in [0, 0.1) is 0 Å². The molecular formula is C14H9Cl2N3S. The number of nitrogens with two attached hydrogens (primary N) is 1. The summed E-state index contributed by atoms with van der Waals surface area (Å²) in [7, 11) is 0. The number of halogens is 2. The van der Waals surface area contributed by atoms with Crippen LogP contribution in [0.1, 0.15) is 0 Å². The molecule has 6 heteroatoms. The van der Waals surface area contributed by atoms with Crippen molar-refractivity contribution in [3.05, 3.63) is 52.8 Å². The smallest absolute Gasteiger partial charge is 0.117 e. The zero-order valence-corrected chi connectivity index (χ0v) is 12.5. The van der Waals surface area contributed by atoms with Crippen LogP contribution < -0.4 is 5.73 Å². The predicted molar refractivity (Wildman–Crippen MR) is 84.5 cm³/mol. The Hall–Kier alpha value is -1.49. The lowest BCUT2D eigenvalue weighted by molar-refractivity contribution is 1.10. The van der Waals surface area contributed by atoms with Crippen LogP contribution in [0.5, 0.6) is 0 Å². The number of rotatable bonds is 2. The molecule has 3 aromatic rings. The van der Waals surface area contributed by atoms with Gasteiger partial charge in [0.05, 0.1) is 15.6 Å². The zero-order chi connectivity index (χ0) is 14.1. The maximum absolute atomic E-state index is 6.03. The van der Waals surface area contributed by atoms with Crippen LogP contribution in [-0.2, 0) is 0 Å². The van der Waals surface area contributed by atoms with Crippen molar-refractivity contribution >= 4 is 51.6 Å². The summed E-state index contributed by atoms with van der Waals surface area (Å²) in [5, 5.41) is 2.81. The number of hydrogen-bond donors (Lipinski definition) is 1. The highest BCUT2D eigenvalue weighted by atomic mass is 35.5. The minimum atomic E-state index is 0.523. The number of nitrogens with zero attached hydrogens (tertiary/aromatic N) is 2. The van der Waals surface area contributed by atoms with Crippen molar-refractivity contribution in [1.29, 1.82) is 0 Å². The second-order valence-corrected chi connectivity index (χ2v) is 6.01. The SMILES string of the molecule is Nc1ccc2ncnc(Sc3ccc(Cl)c(Cl)c3)c2c1. The summed E-state index contributed by atoms with van der Waals surface area (Å²) in [6.45, 7) is 0. The third-order valence-electron chi connectivity index (χ3n) is 2.73. The fraction of sp³-hybridized carbons (Fsp3) is 0. The Labute approximate surface area is 130 Å². The lowest BCUT2D eigenvalue weighted by Crippen LogP contribution is -1.90. The molecule has 20 heavy (non-hydrogen) atoms. The molecule has 0 atom stereocenters. The molecule has 0 radical (unpaired) electrons. The van der Waals surface area contributed by atoms with E-state index in [1.807, 2.05) is 30.3 Å². The molecule has 2 N–H and O–H groups in total. The molecule has 100 valence electrons. The van der Waals surface area contributed by atoms with Crippen molar-refractivity contribution in [3.63, 3.8) is 0 Å². The van der Waals surface area contributed by atoms with E-state index in [4.69, 9.17) is 28.9 Å². The van der Waals surface area contributed by atoms with Crippen LogP contribution in [-0.4, -0.2) is 9.97 Å². The van der Waals surface area contributed by atoms with E-state index in [1.165, 1.54) is 11.8 Å².